The van der Waals surface area contributed by atoms with Crippen LogP contribution < -0.4 is 4.74 Å². The second kappa shape index (κ2) is 7.40. The van der Waals surface area contributed by atoms with Crippen molar-refractivity contribution in [2.24, 2.45) is 0 Å². The van der Waals surface area contributed by atoms with Crippen LogP contribution >= 0.6 is 0 Å². The minimum Gasteiger partial charge on any atom is -0.490 e. The molecule has 1 aliphatic heterocycles. The predicted molar refractivity (Wildman–Crippen MR) is 101 cm³/mol. The molecule has 7 heteroatoms. The zero-order valence-electron chi connectivity index (χ0n) is 15.9. The molecule has 1 aromatic heterocycles. The minimum absolute atomic E-state index is 0.0460. The highest BCUT2D eigenvalue weighted by atomic mass is 32.2. The van der Waals surface area contributed by atoms with E-state index < -0.39 is 10.0 Å². The number of hydrogen-bond donors (Lipinski definition) is 0. The van der Waals surface area contributed by atoms with Crippen LogP contribution in [0.25, 0.3) is 0 Å². The average Bonchev–Trinajstić information content (AvgIpc) is 2.91. The van der Waals surface area contributed by atoms with E-state index in [0.29, 0.717) is 48.8 Å². The Bertz CT molecular complexity index is 864. The molecule has 2 aromatic rings. The van der Waals surface area contributed by atoms with E-state index in [9.17, 15) is 8.42 Å². The fraction of sp³-hybridized carbons (Fsp3) is 0.526. The standard InChI is InChI=1S/C19H27N3O3S/c1-5-22-16(4)19(15(3)20-22)26(23,24)21-12-10-18(11-13-21)25-17-8-6-14(2)7-9-17/h6-9,18H,5,10-13H2,1-4H3. The second-order valence-corrected chi connectivity index (χ2v) is 8.72. The Kier molecular flexibility index (Phi) is 5.39. The maximum Gasteiger partial charge on any atom is 0.246 e. The molecule has 0 N–H and O–H groups in total. The van der Waals surface area contributed by atoms with E-state index >= 15 is 0 Å². The van der Waals surface area contributed by atoms with Crippen molar-refractivity contribution < 1.29 is 13.2 Å². The number of aromatic nitrogens is 2. The molecule has 1 aromatic carbocycles. The van der Waals surface area contributed by atoms with Gasteiger partial charge < -0.3 is 4.74 Å². The summed E-state index contributed by atoms with van der Waals surface area (Å²) in [7, 11) is -3.52. The molecular formula is C19H27N3O3S. The summed E-state index contributed by atoms with van der Waals surface area (Å²) >= 11 is 0. The molecule has 0 radical (unpaired) electrons. The third kappa shape index (κ3) is 3.64. The van der Waals surface area contributed by atoms with E-state index in [0.717, 1.165) is 5.75 Å². The van der Waals surface area contributed by atoms with Gasteiger partial charge in [0.25, 0.3) is 0 Å². The van der Waals surface area contributed by atoms with Crippen LogP contribution in [0.15, 0.2) is 29.2 Å². The highest BCUT2D eigenvalue weighted by Crippen LogP contribution is 2.27. The van der Waals surface area contributed by atoms with Crippen molar-refractivity contribution >= 4 is 10.0 Å². The van der Waals surface area contributed by atoms with Gasteiger partial charge in [0, 0.05) is 19.6 Å². The van der Waals surface area contributed by atoms with Crippen molar-refractivity contribution in [2.75, 3.05) is 13.1 Å². The molecule has 0 spiro atoms. The summed E-state index contributed by atoms with van der Waals surface area (Å²) in [4.78, 5) is 0.359. The normalized spacial score (nSPS) is 16.8. The van der Waals surface area contributed by atoms with Gasteiger partial charge >= 0.3 is 0 Å². The zero-order chi connectivity index (χ0) is 18.9. The zero-order valence-corrected chi connectivity index (χ0v) is 16.7. The molecule has 3 rings (SSSR count). The van der Waals surface area contributed by atoms with Crippen LogP contribution in [0.2, 0.25) is 0 Å². The molecule has 0 amide bonds. The SMILES string of the molecule is CCn1nc(C)c(S(=O)(=O)N2CCC(Oc3ccc(C)cc3)CC2)c1C. The molecular weight excluding hydrogens is 350 g/mol. The van der Waals surface area contributed by atoms with E-state index in [-0.39, 0.29) is 6.10 Å². The fourth-order valence-corrected chi connectivity index (χ4v) is 5.33. The van der Waals surface area contributed by atoms with Gasteiger partial charge in [-0.05, 0) is 52.7 Å². The predicted octanol–water partition coefficient (Wildman–Crippen LogP) is 3.06. The van der Waals surface area contributed by atoms with Crippen LogP contribution in [-0.2, 0) is 16.6 Å². The molecule has 6 nitrogen and oxygen atoms in total. The van der Waals surface area contributed by atoms with Crippen molar-refractivity contribution in [1.82, 2.24) is 14.1 Å². The number of ether oxygens (including phenoxy) is 1. The summed E-state index contributed by atoms with van der Waals surface area (Å²) in [5, 5.41) is 4.35. The van der Waals surface area contributed by atoms with Crippen molar-refractivity contribution in [3.63, 3.8) is 0 Å². The van der Waals surface area contributed by atoms with Gasteiger partial charge in [-0.1, -0.05) is 17.7 Å². The van der Waals surface area contributed by atoms with Crippen LogP contribution in [0.4, 0.5) is 0 Å². The lowest BCUT2D eigenvalue weighted by atomic mass is 10.1. The van der Waals surface area contributed by atoms with Gasteiger partial charge in [0.15, 0.2) is 0 Å². The third-order valence-electron chi connectivity index (χ3n) is 4.94. The van der Waals surface area contributed by atoms with Crippen molar-refractivity contribution in [3.05, 3.63) is 41.2 Å². The van der Waals surface area contributed by atoms with Crippen molar-refractivity contribution in [1.29, 1.82) is 0 Å². The summed E-state index contributed by atoms with van der Waals surface area (Å²) in [6.45, 7) is 9.18. The topological polar surface area (TPSA) is 64.4 Å². The van der Waals surface area contributed by atoms with Gasteiger partial charge in [-0.15, -0.1) is 0 Å². The molecule has 0 bridgehead atoms. The van der Waals surface area contributed by atoms with Crippen LogP contribution in [0.1, 0.15) is 36.7 Å². The number of rotatable bonds is 5. The first-order chi connectivity index (χ1) is 12.3. The number of piperidine rings is 1. The molecule has 0 saturated carbocycles. The molecule has 26 heavy (non-hydrogen) atoms. The summed E-state index contributed by atoms with van der Waals surface area (Å²) in [5.41, 5.74) is 2.47. The molecule has 0 aliphatic carbocycles. The summed E-state index contributed by atoms with van der Waals surface area (Å²) in [6, 6.07) is 7.96. The van der Waals surface area contributed by atoms with Crippen LogP contribution in [0, 0.1) is 20.8 Å². The Labute approximate surface area is 155 Å². The summed E-state index contributed by atoms with van der Waals surface area (Å²) < 4.78 is 35.5. The van der Waals surface area contributed by atoms with E-state index in [1.165, 1.54) is 5.56 Å². The first-order valence-corrected chi connectivity index (χ1v) is 10.5. The summed E-state index contributed by atoms with van der Waals surface area (Å²) in [6.07, 6.45) is 1.42. The van der Waals surface area contributed by atoms with Gasteiger partial charge in [-0.25, -0.2) is 8.42 Å². The maximum atomic E-state index is 13.1. The molecule has 2 heterocycles. The number of nitrogens with zero attached hydrogens (tertiary/aromatic N) is 3. The minimum atomic E-state index is -3.52. The largest absolute Gasteiger partial charge is 0.490 e. The van der Waals surface area contributed by atoms with Gasteiger partial charge in [-0.2, -0.15) is 9.40 Å². The Balaban J connectivity index is 1.69. The molecule has 0 unspecified atom stereocenters. The first-order valence-electron chi connectivity index (χ1n) is 9.10. The Morgan fingerprint density at radius 3 is 2.27 bits per heavy atom. The lowest BCUT2D eigenvalue weighted by molar-refractivity contribution is 0.135. The average molecular weight is 378 g/mol. The number of benzene rings is 1. The van der Waals surface area contributed by atoms with Crippen LogP contribution in [-0.4, -0.2) is 41.7 Å². The second-order valence-electron chi connectivity index (χ2n) is 6.85. The lowest BCUT2D eigenvalue weighted by Crippen LogP contribution is -2.42. The van der Waals surface area contributed by atoms with Gasteiger partial charge in [0.2, 0.25) is 10.0 Å². The number of sulfonamides is 1. The van der Waals surface area contributed by atoms with Crippen LogP contribution in [0.5, 0.6) is 5.75 Å². The molecule has 1 saturated heterocycles. The molecule has 1 aliphatic rings. The maximum absolute atomic E-state index is 13.1. The van der Waals surface area contributed by atoms with E-state index in [1.807, 2.05) is 45.0 Å². The number of aryl methyl sites for hydroxylation is 3. The third-order valence-corrected chi connectivity index (χ3v) is 7.09. The highest BCUT2D eigenvalue weighted by molar-refractivity contribution is 7.89. The van der Waals surface area contributed by atoms with Crippen molar-refractivity contribution in [2.45, 2.75) is 58.1 Å². The Morgan fingerprint density at radius 2 is 1.73 bits per heavy atom. The highest BCUT2D eigenvalue weighted by Gasteiger charge is 2.34. The first kappa shape index (κ1) is 18.9. The van der Waals surface area contributed by atoms with E-state index in [2.05, 4.69) is 5.10 Å². The van der Waals surface area contributed by atoms with Crippen LogP contribution in [0.3, 0.4) is 0 Å². The quantitative estimate of drug-likeness (QED) is 0.803. The molecule has 1 fully saturated rings. The smallest absolute Gasteiger partial charge is 0.246 e. The molecule has 0 atom stereocenters. The fourth-order valence-electron chi connectivity index (χ4n) is 3.49. The van der Waals surface area contributed by atoms with Gasteiger partial charge in [0.05, 0.1) is 11.4 Å². The van der Waals surface area contributed by atoms with Crippen molar-refractivity contribution in [3.8, 4) is 5.75 Å². The van der Waals surface area contributed by atoms with E-state index in [1.54, 1.807) is 15.9 Å². The van der Waals surface area contributed by atoms with Gasteiger partial charge in [-0.3, -0.25) is 4.68 Å². The van der Waals surface area contributed by atoms with E-state index in [4.69, 9.17) is 4.74 Å². The Morgan fingerprint density at radius 1 is 1.12 bits per heavy atom. The summed E-state index contributed by atoms with van der Waals surface area (Å²) in [5.74, 6) is 0.841. The Hall–Kier alpha value is -1.86. The molecule has 142 valence electrons. The number of hydrogen-bond acceptors (Lipinski definition) is 4. The lowest BCUT2D eigenvalue weighted by Gasteiger charge is -2.31. The monoisotopic (exact) mass is 377 g/mol. The van der Waals surface area contributed by atoms with Gasteiger partial charge in [0.1, 0.15) is 16.7 Å².